The number of benzene rings is 1. The molecule has 0 saturated heterocycles. The third-order valence-corrected chi connectivity index (χ3v) is 2.32. The largest absolute Gasteiger partial charge is 0.305 e. The molecule has 5 nitrogen and oxygen atoms in total. The van der Waals surface area contributed by atoms with Crippen molar-refractivity contribution < 1.29 is 4.92 Å². The molecule has 1 heterocycles. The van der Waals surface area contributed by atoms with Crippen LogP contribution in [0.1, 0.15) is 0 Å². The van der Waals surface area contributed by atoms with Crippen LogP contribution in [0.4, 0.5) is 5.69 Å². The molecule has 1 aromatic heterocycles. The van der Waals surface area contributed by atoms with Gasteiger partial charge in [-0.2, -0.15) is 0 Å². The van der Waals surface area contributed by atoms with Crippen LogP contribution in [0.2, 0.25) is 0 Å². The maximum atomic E-state index is 10.4. The standard InChI is InChI=1S/C9H6BrN3O2/c10-9-5-12(6-11-9)7-1-3-8(4-2-7)13(14)15/h1-6H. The van der Waals surface area contributed by atoms with Crippen molar-refractivity contribution in [3.05, 3.63) is 51.5 Å². The topological polar surface area (TPSA) is 61.0 Å². The molecule has 0 spiro atoms. The molecule has 0 radical (unpaired) electrons. The number of non-ortho nitro benzene ring substituents is 1. The average Bonchev–Trinajstić information content (AvgIpc) is 2.65. The fraction of sp³-hybridized carbons (Fsp3) is 0. The Morgan fingerprint density at radius 2 is 2.00 bits per heavy atom. The molecule has 76 valence electrons. The van der Waals surface area contributed by atoms with Crippen LogP contribution < -0.4 is 0 Å². The summed E-state index contributed by atoms with van der Waals surface area (Å²) in [5, 5.41) is 10.4. The van der Waals surface area contributed by atoms with E-state index in [1.165, 1.54) is 12.1 Å². The van der Waals surface area contributed by atoms with Crippen LogP contribution in [0.25, 0.3) is 5.69 Å². The van der Waals surface area contributed by atoms with E-state index in [0.29, 0.717) is 0 Å². The van der Waals surface area contributed by atoms with Gasteiger partial charge in [-0.25, -0.2) is 4.98 Å². The monoisotopic (exact) mass is 267 g/mol. The van der Waals surface area contributed by atoms with Gasteiger partial charge in [-0.15, -0.1) is 0 Å². The molecule has 0 fully saturated rings. The zero-order valence-corrected chi connectivity index (χ0v) is 9.09. The maximum absolute atomic E-state index is 10.4. The molecule has 0 aliphatic carbocycles. The molecule has 0 atom stereocenters. The molecule has 0 aliphatic rings. The predicted molar refractivity (Wildman–Crippen MR) is 57.9 cm³/mol. The first-order valence-electron chi connectivity index (χ1n) is 4.11. The zero-order chi connectivity index (χ0) is 10.8. The Hall–Kier alpha value is -1.69. The van der Waals surface area contributed by atoms with E-state index in [9.17, 15) is 10.1 Å². The lowest BCUT2D eigenvalue weighted by molar-refractivity contribution is -0.384. The fourth-order valence-corrected chi connectivity index (χ4v) is 1.50. The Balaban J connectivity index is 2.35. The van der Waals surface area contributed by atoms with Gasteiger partial charge in [0.1, 0.15) is 10.9 Å². The van der Waals surface area contributed by atoms with Crippen molar-refractivity contribution in [3.63, 3.8) is 0 Å². The van der Waals surface area contributed by atoms with E-state index in [-0.39, 0.29) is 5.69 Å². The summed E-state index contributed by atoms with van der Waals surface area (Å²) in [7, 11) is 0. The van der Waals surface area contributed by atoms with E-state index in [2.05, 4.69) is 20.9 Å². The number of imidazole rings is 1. The lowest BCUT2D eigenvalue weighted by Crippen LogP contribution is -1.91. The van der Waals surface area contributed by atoms with Crippen LogP contribution in [0.5, 0.6) is 0 Å². The second-order valence-electron chi connectivity index (χ2n) is 2.88. The average molecular weight is 268 g/mol. The molecule has 0 bridgehead atoms. The van der Waals surface area contributed by atoms with Gasteiger partial charge >= 0.3 is 0 Å². The van der Waals surface area contributed by atoms with Crippen LogP contribution in [0.3, 0.4) is 0 Å². The van der Waals surface area contributed by atoms with E-state index in [4.69, 9.17) is 0 Å². The summed E-state index contributed by atoms with van der Waals surface area (Å²) >= 11 is 3.23. The zero-order valence-electron chi connectivity index (χ0n) is 7.50. The van der Waals surface area contributed by atoms with Gasteiger partial charge in [-0.1, -0.05) is 0 Å². The van der Waals surface area contributed by atoms with E-state index >= 15 is 0 Å². The molecular weight excluding hydrogens is 262 g/mol. The third-order valence-electron chi connectivity index (χ3n) is 1.91. The second kappa shape index (κ2) is 3.82. The molecule has 15 heavy (non-hydrogen) atoms. The number of nitro benzene ring substituents is 1. The summed E-state index contributed by atoms with van der Waals surface area (Å²) < 4.78 is 2.49. The Labute approximate surface area is 93.6 Å². The highest BCUT2D eigenvalue weighted by Gasteiger charge is 2.04. The van der Waals surface area contributed by atoms with E-state index in [1.54, 1.807) is 29.2 Å². The number of aromatic nitrogens is 2. The Kier molecular flexibility index (Phi) is 2.51. The van der Waals surface area contributed by atoms with Gasteiger partial charge in [0.2, 0.25) is 0 Å². The minimum Gasteiger partial charge on any atom is -0.305 e. The minimum atomic E-state index is -0.423. The Morgan fingerprint density at radius 3 is 2.47 bits per heavy atom. The molecule has 0 N–H and O–H groups in total. The fourth-order valence-electron chi connectivity index (χ4n) is 1.19. The predicted octanol–water partition coefficient (Wildman–Crippen LogP) is 2.54. The van der Waals surface area contributed by atoms with Gasteiger partial charge in [0.05, 0.1) is 4.92 Å². The summed E-state index contributed by atoms with van der Waals surface area (Å²) in [5.74, 6) is 0. The second-order valence-corrected chi connectivity index (χ2v) is 3.69. The van der Waals surface area contributed by atoms with E-state index < -0.39 is 4.92 Å². The third kappa shape index (κ3) is 2.04. The molecular formula is C9H6BrN3O2. The molecule has 0 amide bonds. The van der Waals surface area contributed by atoms with Crippen molar-refractivity contribution in [2.45, 2.75) is 0 Å². The van der Waals surface area contributed by atoms with Crippen LogP contribution in [0.15, 0.2) is 41.4 Å². The van der Waals surface area contributed by atoms with Crippen molar-refractivity contribution in [2.24, 2.45) is 0 Å². The summed E-state index contributed by atoms with van der Waals surface area (Å²) in [4.78, 5) is 14.0. The van der Waals surface area contributed by atoms with E-state index in [0.717, 1.165) is 10.3 Å². The van der Waals surface area contributed by atoms with Crippen LogP contribution >= 0.6 is 15.9 Å². The highest BCUT2D eigenvalue weighted by molar-refractivity contribution is 9.10. The molecule has 2 rings (SSSR count). The molecule has 2 aromatic rings. The smallest absolute Gasteiger partial charge is 0.269 e. The molecule has 0 unspecified atom stereocenters. The van der Waals surface area contributed by atoms with E-state index in [1.807, 2.05) is 0 Å². The van der Waals surface area contributed by atoms with Crippen LogP contribution in [0, 0.1) is 10.1 Å². The van der Waals surface area contributed by atoms with Gasteiger partial charge in [-0.05, 0) is 28.1 Å². The van der Waals surface area contributed by atoms with Gasteiger partial charge in [0, 0.05) is 24.0 Å². The summed E-state index contributed by atoms with van der Waals surface area (Å²) in [6.45, 7) is 0. The number of hydrogen-bond acceptors (Lipinski definition) is 3. The summed E-state index contributed by atoms with van der Waals surface area (Å²) in [5.41, 5.74) is 0.914. The van der Waals surface area contributed by atoms with Crippen molar-refractivity contribution in [3.8, 4) is 5.69 Å². The minimum absolute atomic E-state index is 0.0814. The van der Waals surface area contributed by atoms with Crippen molar-refractivity contribution >= 4 is 21.6 Å². The Morgan fingerprint density at radius 1 is 1.33 bits per heavy atom. The van der Waals surface area contributed by atoms with Crippen LogP contribution in [-0.2, 0) is 0 Å². The van der Waals surface area contributed by atoms with Gasteiger partial charge < -0.3 is 4.57 Å². The van der Waals surface area contributed by atoms with Gasteiger partial charge in [-0.3, -0.25) is 10.1 Å². The molecule has 6 heteroatoms. The number of nitrogens with zero attached hydrogens (tertiary/aromatic N) is 3. The number of nitro groups is 1. The van der Waals surface area contributed by atoms with Gasteiger partial charge in [0.15, 0.2) is 0 Å². The van der Waals surface area contributed by atoms with Gasteiger partial charge in [0.25, 0.3) is 5.69 Å². The number of hydrogen-bond donors (Lipinski definition) is 0. The molecule has 0 aliphatic heterocycles. The molecule has 0 saturated carbocycles. The SMILES string of the molecule is O=[N+]([O-])c1ccc(-n2cnc(Br)c2)cc1. The van der Waals surface area contributed by atoms with Crippen molar-refractivity contribution in [1.29, 1.82) is 0 Å². The van der Waals surface area contributed by atoms with Crippen molar-refractivity contribution in [2.75, 3.05) is 0 Å². The quantitative estimate of drug-likeness (QED) is 0.621. The number of halogens is 1. The summed E-state index contributed by atoms with van der Waals surface area (Å²) in [6.07, 6.45) is 3.41. The highest BCUT2D eigenvalue weighted by Crippen LogP contribution is 2.16. The summed E-state index contributed by atoms with van der Waals surface area (Å²) in [6, 6.07) is 6.27. The highest BCUT2D eigenvalue weighted by atomic mass is 79.9. The first-order chi connectivity index (χ1) is 7.16. The van der Waals surface area contributed by atoms with Crippen molar-refractivity contribution in [1.82, 2.24) is 9.55 Å². The first kappa shape index (κ1) is 9.85. The molecule has 1 aromatic carbocycles. The normalized spacial score (nSPS) is 10.2. The Bertz CT molecular complexity index is 492. The number of rotatable bonds is 2. The lowest BCUT2D eigenvalue weighted by Gasteiger charge is -1.99. The lowest BCUT2D eigenvalue weighted by atomic mass is 10.3. The first-order valence-corrected chi connectivity index (χ1v) is 4.90. The maximum Gasteiger partial charge on any atom is 0.269 e. The van der Waals surface area contributed by atoms with Crippen LogP contribution in [-0.4, -0.2) is 14.5 Å².